The van der Waals surface area contributed by atoms with E-state index in [0.29, 0.717) is 35.4 Å². The summed E-state index contributed by atoms with van der Waals surface area (Å²) in [6.07, 6.45) is 5.77. The summed E-state index contributed by atoms with van der Waals surface area (Å²) in [5.74, 6) is -0.561. The van der Waals surface area contributed by atoms with Gasteiger partial charge in [-0.05, 0) is 73.0 Å². The van der Waals surface area contributed by atoms with Crippen molar-refractivity contribution in [2.75, 3.05) is 38.7 Å². The molecule has 1 saturated heterocycles. The molecule has 0 atom stereocenters. The zero-order chi connectivity index (χ0) is 30.3. The minimum absolute atomic E-state index is 0.0523. The second-order valence-electron chi connectivity index (χ2n) is 12.1. The second-order valence-corrected chi connectivity index (χ2v) is 12.1. The van der Waals surface area contributed by atoms with Gasteiger partial charge in [-0.15, -0.1) is 0 Å². The Kier molecular flexibility index (Phi) is 10.4. The third-order valence-electron chi connectivity index (χ3n) is 7.91. The Morgan fingerprint density at radius 1 is 0.929 bits per heavy atom. The number of fused-ring (bicyclic) bond motifs is 1. The lowest BCUT2D eigenvalue weighted by Gasteiger charge is -2.26. The van der Waals surface area contributed by atoms with Gasteiger partial charge in [0, 0.05) is 23.9 Å². The highest BCUT2D eigenvalue weighted by atomic mass is 16.5. The molecule has 3 aromatic carbocycles. The maximum absolute atomic E-state index is 13.6. The molecule has 0 radical (unpaired) electrons. The van der Waals surface area contributed by atoms with Crippen LogP contribution < -0.4 is 14.8 Å². The summed E-state index contributed by atoms with van der Waals surface area (Å²) < 4.78 is 11.8. The smallest absolute Gasteiger partial charge is 0.296 e. The molecule has 224 valence electrons. The van der Waals surface area contributed by atoms with Gasteiger partial charge in [-0.2, -0.15) is 0 Å². The Hall–Kier alpha value is -3.71. The van der Waals surface area contributed by atoms with Crippen LogP contribution >= 0.6 is 0 Å². The van der Waals surface area contributed by atoms with E-state index in [1.54, 1.807) is 18.2 Å². The van der Waals surface area contributed by atoms with Crippen LogP contribution in [0.3, 0.4) is 0 Å². The highest BCUT2D eigenvalue weighted by Gasteiger charge is 2.26. The zero-order valence-corrected chi connectivity index (χ0v) is 25.7. The predicted molar refractivity (Wildman–Crippen MR) is 168 cm³/mol. The molecule has 1 amide bonds. The van der Waals surface area contributed by atoms with E-state index in [4.69, 9.17) is 9.47 Å². The van der Waals surface area contributed by atoms with Crippen molar-refractivity contribution in [3.8, 4) is 11.5 Å². The van der Waals surface area contributed by atoms with Gasteiger partial charge in [0.1, 0.15) is 12.4 Å². The number of unbranched alkanes of at least 4 members (excludes halogenated alkanes) is 1. The molecule has 1 aliphatic heterocycles. The first-order valence-corrected chi connectivity index (χ1v) is 15.1. The van der Waals surface area contributed by atoms with Gasteiger partial charge in [-0.25, -0.2) is 0 Å². The van der Waals surface area contributed by atoms with Gasteiger partial charge >= 0.3 is 0 Å². The number of hydrogen-bond acceptors (Lipinski definition) is 6. The highest BCUT2D eigenvalue weighted by Crippen LogP contribution is 2.37. The number of anilines is 1. The van der Waals surface area contributed by atoms with E-state index in [-0.39, 0.29) is 22.5 Å². The summed E-state index contributed by atoms with van der Waals surface area (Å²) in [5.41, 5.74) is 1.58. The maximum atomic E-state index is 13.6. The van der Waals surface area contributed by atoms with Gasteiger partial charge in [0.15, 0.2) is 11.5 Å². The number of hydrogen-bond donors (Lipinski definition) is 1. The fourth-order valence-electron chi connectivity index (χ4n) is 5.42. The van der Waals surface area contributed by atoms with Crippen molar-refractivity contribution >= 4 is 33.9 Å². The fraction of sp³-hybridized carbons (Fsp3) is 0.457. The van der Waals surface area contributed by atoms with Crippen LogP contribution in [0.15, 0.2) is 48.5 Å². The van der Waals surface area contributed by atoms with E-state index in [1.807, 2.05) is 58.0 Å². The Labute approximate surface area is 249 Å². The van der Waals surface area contributed by atoms with Gasteiger partial charge in [0.25, 0.3) is 11.7 Å². The summed E-state index contributed by atoms with van der Waals surface area (Å²) in [6.45, 7) is 11.8. The van der Waals surface area contributed by atoms with Gasteiger partial charge in [-0.1, -0.05) is 64.8 Å². The molecular weight excluding hydrogens is 528 g/mol. The van der Waals surface area contributed by atoms with Crippen molar-refractivity contribution in [1.29, 1.82) is 0 Å². The molecule has 0 unspecified atom stereocenters. The van der Waals surface area contributed by atoms with Crippen molar-refractivity contribution in [3.05, 3.63) is 65.2 Å². The largest absolute Gasteiger partial charge is 0.494 e. The number of piperidine rings is 1. The van der Waals surface area contributed by atoms with Crippen LogP contribution in [0, 0.1) is 0 Å². The Bertz CT molecular complexity index is 1430. The molecule has 1 fully saturated rings. The van der Waals surface area contributed by atoms with Crippen LogP contribution in [0.25, 0.3) is 10.8 Å². The van der Waals surface area contributed by atoms with E-state index in [1.165, 1.54) is 26.4 Å². The summed E-state index contributed by atoms with van der Waals surface area (Å²) in [4.78, 5) is 42.5. The maximum Gasteiger partial charge on any atom is 0.296 e. The van der Waals surface area contributed by atoms with E-state index in [2.05, 4.69) is 10.2 Å². The van der Waals surface area contributed by atoms with E-state index < -0.39 is 11.7 Å². The van der Waals surface area contributed by atoms with Gasteiger partial charge in [0.2, 0.25) is 0 Å². The lowest BCUT2D eigenvalue weighted by molar-refractivity contribution is -0.112. The molecule has 7 nitrogen and oxygen atoms in total. The number of ketones is 2. The molecule has 0 bridgehead atoms. The van der Waals surface area contributed by atoms with Crippen LogP contribution in [0.5, 0.6) is 11.5 Å². The van der Waals surface area contributed by atoms with Crippen LogP contribution in [-0.2, 0) is 10.2 Å². The van der Waals surface area contributed by atoms with Crippen molar-refractivity contribution < 1.29 is 23.9 Å². The number of Topliss-reactive ketones (excluding diaryl/α,β-unsaturated/α-hetero) is 2. The average molecular weight is 573 g/mol. The molecule has 42 heavy (non-hydrogen) atoms. The lowest BCUT2D eigenvalue weighted by Crippen LogP contribution is -2.33. The number of carbonyl (C=O) groups is 3. The molecule has 0 aliphatic carbocycles. The lowest BCUT2D eigenvalue weighted by atomic mass is 9.84. The predicted octanol–water partition coefficient (Wildman–Crippen LogP) is 7.20. The number of rotatable bonds is 12. The number of ether oxygens (including phenoxy) is 2. The molecule has 4 rings (SSSR count). The number of benzene rings is 3. The third-order valence-corrected chi connectivity index (χ3v) is 7.91. The van der Waals surface area contributed by atoms with Crippen molar-refractivity contribution in [3.63, 3.8) is 0 Å². The van der Waals surface area contributed by atoms with Crippen molar-refractivity contribution in [1.82, 2.24) is 4.90 Å². The summed E-state index contributed by atoms with van der Waals surface area (Å²) in [5, 5.41) is 4.21. The first kappa shape index (κ1) is 31.2. The number of likely N-dealkylation sites (tertiary alicyclic amines) is 1. The second kappa shape index (κ2) is 14.0. The summed E-state index contributed by atoms with van der Waals surface area (Å²) in [7, 11) is 1.47. The van der Waals surface area contributed by atoms with E-state index in [9.17, 15) is 14.4 Å². The average Bonchev–Trinajstić information content (AvgIpc) is 2.99. The standard InChI is InChI=1S/C35H44N2O5/c1-6-7-15-30(38)28-22-24(35(2,3)4)23-29(33(28)41-5)36-34(40)32(39)27-16-17-31(26-14-10-9-13-25(26)27)42-21-20-37-18-11-8-12-19-37/h9-10,13-14,16-17,22-23H,6-8,11-12,15,18-21H2,1-5H3,(H,36,40). The Morgan fingerprint density at radius 2 is 1.64 bits per heavy atom. The molecule has 0 aromatic heterocycles. The molecule has 1 heterocycles. The zero-order valence-electron chi connectivity index (χ0n) is 25.7. The third kappa shape index (κ3) is 7.37. The Morgan fingerprint density at radius 3 is 2.31 bits per heavy atom. The van der Waals surface area contributed by atoms with Crippen LogP contribution in [-0.4, -0.2) is 55.7 Å². The highest BCUT2D eigenvalue weighted by molar-refractivity contribution is 6.48. The molecule has 3 aromatic rings. The molecule has 0 spiro atoms. The van der Waals surface area contributed by atoms with Crippen molar-refractivity contribution in [2.24, 2.45) is 0 Å². The van der Waals surface area contributed by atoms with Crippen LogP contribution in [0.1, 0.15) is 92.5 Å². The molecule has 7 heteroatoms. The minimum Gasteiger partial charge on any atom is -0.494 e. The number of carbonyl (C=O) groups excluding carboxylic acids is 3. The van der Waals surface area contributed by atoms with Crippen LogP contribution in [0.2, 0.25) is 0 Å². The monoisotopic (exact) mass is 572 g/mol. The minimum atomic E-state index is -0.796. The van der Waals surface area contributed by atoms with Gasteiger partial charge < -0.3 is 14.8 Å². The molecule has 0 saturated carbocycles. The molecule has 1 N–H and O–H groups in total. The van der Waals surface area contributed by atoms with Crippen molar-refractivity contribution in [2.45, 2.75) is 71.6 Å². The number of nitrogens with zero attached hydrogens (tertiary/aromatic N) is 1. The summed E-state index contributed by atoms with van der Waals surface area (Å²) >= 11 is 0. The van der Waals surface area contributed by atoms with Crippen LogP contribution in [0.4, 0.5) is 5.69 Å². The number of methoxy groups -OCH3 is 1. The van der Waals surface area contributed by atoms with E-state index in [0.717, 1.165) is 43.4 Å². The summed E-state index contributed by atoms with van der Waals surface area (Å²) in [6, 6.07) is 14.5. The molecular formula is C35H44N2O5. The van der Waals surface area contributed by atoms with Gasteiger partial charge in [0.05, 0.1) is 18.4 Å². The fourth-order valence-corrected chi connectivity index (χ4v) is 5.42. The first-order valence-electron chi connectivity index (χ1n) is 15.1. The number of amides is 1. The topological polar surface area (TPSA) is 84.9 Å². The Balaban J connectivity index is 1.60. The van der Waals surface area contributed by atoms with E-state index >= 15 is 0 Å². The normalized spacial score (nSPS) is 14.0. The SMILES string of the molecule is CCCCC(=O)c1cc(C(C)(C)C)cc(NC(=O)C(=O)c2ccc(OCCN3CCCCC3)c3ccccc23)c1OC. The number of nitrogens with one attached hydrogen (secondary N) is 1. The first-order chi connectivity index (χ1) is 20.1. The quantitative estimate of drug-likeness (QED) is 0.182. The van der Waals surface area contributed by atoms with Gasteiger partial charge in [-0.3, -0.25) is 19.3 Å². The molecule has 1 aliphatic rings.